The molecule has 1 aromatic carbocycles. The van der Waals surface area contributed by atoms with Gasteiger partial charge in [0.15, 0.2) is 0 Å². The van der Waals surface area contributed by atoms with Gasteiger partial charge in [-0.3, -0.25) is 0 Å². The summed E-state index contributed by atoms with van der Waals surface area (Å²) in [6.45, 7) is 2.21. The van der Waals surface area contributed by atoms with E-state index >= 15 is 8.78 Å². The van der Waals surface area contributed by atoms with Gasteiger partial charge in [-0.05, 0) is 60.1 Å². The van der Waals surface area contributed by atoms with Crippen molar-refractivity contribution in [1.82, 2.24) is 0 Å². The molecule has 1 aromatic rings. The maximum Gasteiger partial charge on any atom is 0.144 e. The van der Waals surface area contributed by atoms with E-state index in [1.54, 1.807) is 24.3 Å². The Morgan fingerprint density at radius 3 is 2.33 bits per heavy atom. The van der Waals surface area contributed by atoms with Gasteiger partial charge in [0, 0.05) is 5.69 Å². The third-order valence-corrected chi connectivity index (χ3v) is 6.46. The van der Waals surface area contributed by atoms with Crippen molar-refractivity contribution in [3.8, 4) is 0 Å². The molecule has 0 spiro atoms. The Hall–Kier alpha value is -1.68. The van der Waals surface area contributed by atoms with Gasteiger partial charge in [0.25, 0.3) is 0 Å². The lowest BCUT2D eigenvalue weighted by Gasteiger charge is -2.43. The highest BCUT2D eigenvalue weighted by Crippen LogP contribution is 2.45. The van der Waals surface area contributed by atoms with E-state index in [1.807, 2.05) is 0 Å². The number of hydrogen-bond donors (Lipinski definition) is 2. The first-order valence-corrected chi connectivity index (χ1v) is 10.3. The predicted octanol–water partition coefficient (Wildman–Crippen LogP) is 5.94. The van der Waals surface area contributed by atoms with Gasteiger partial charge < -0.3 is 11.5 Å². The van der Waals surface area contributed by atoms with Crippen molar-refractivity contribution >= 4 is 11.3 Å². The van der Waals surface area contributed by atoms with Gasteiger partial charge in [-0.25, -0.2) is 8.78 Å². The van der Waals surface area contributed by atoms with Crippen LogP contribution in [0.4, 0.5) is 14.5 Å². The Labute approximate surface area is 161 Å². The maximum atomic E-state index is 15.1. The standard InChI is InChI=1S/C23H32F2N2/c1-2-3-4-5-16-6-10-19(11-7-16)23(27)21(24)14-18(15-22(23)25)17-8-12-20(26)13-9-17/h8-9,12-16,19,21H,2-7,10-11,26-27H2,1H3. The molecule has 0 heterocycles. The van der Waals surface area contributed by atoms with Crippen LogP contribution in [0.2, 0.25) is 0 Å². The number of allylic oxidation sites excluding steroid dienone is 2. The first-order valence-electron chi connectivity index (χ1n) is 10.3. The topological polar surface area (TPSA) is 52.0 Å². The smallest absolute Gasteiger partial charge is 0.144 e. The molecular formula is C23H32F2N2. The number of nitrogens with two attached hydrogens (primary N) is 2. The van der Waals surface area contributed by atoms with Crippen LogP contribution in [0.3, 0.4) is 0 Å². The number of benzene rings is 1. The van der Waals surface area contributed by atoms with Crippen LogP contribution < -0.4 is 11.5 Å². The van der Waals surface area contributed by atoms with Gasteiger partial charge in [0.05, 0.1) is 0 Å². The van der Waals surface area contributed by atoms with Crippen molar-refractivity contribution in [2.75, 3.05) is 5.73 Å². The molecule has 0 saturated heterocycles. The molecule has 27 heavy (non-hydrogen) atoms. The molecule has 3 rings (SSSR count). The average Bonchev–Trinajstić information content (AvgIpc) is 2.67. The molecule has 1 saturated carbocycles. The van der Waals surface area contributed by atoms with Crippen molar-refractivity contribution in [1.29, 1.82) is 0 Å². The number of anilines is 1. The number of halogens is 2. The Balaban J connectivity index is 1.68. The third-order valence-electron chi connectivity index (χ3n) is 6.46. The van der Waals surface area contributed by atoms with Crippen molar-refractivity contribution in [3.05, 3.63) is 47.8 Å². The molecule has 0 aromatic heterocycles. The Bertz CT molecular complexity index is 687. The van der Waals surface area contributed by atoms with Gasteiger partial charge >= 0.3 is 0 Å². The van der Waals surface area contributed by atoms with Crippen LogP contribution in [0.15, 0.2) is 42.2 Å². The summed E-state index contributed by atoms with van der Waals surface area (Å²) >= 11 is 0. The summed E-state index contributed by atoms with van der Waals surface area (Å²) < 4.78 is 30.2. The zero-order chi connectivity index (χ0) is 19.4. The summed E-state index contributed by atoms with van der Waals surface area (Å²) in [6, 6.07) is 7.03. The summed E-state index contributed by atoms with van der Waals surface area (Å²) in [5.74, 6) is 0.0140. The van der Waals surface area contributed by atoms with E-state index in [0.717, 1.165) is 31.2 Å². The normalized spacial score (nSPS) is 31.3. The zero-order valence-corrected chi connectivity index (χ0v) is 16.3. The fourth-order valence-corrected chi connectivity index (χ4v) is 4.62. The molecule has 2 aliphatic rings. The van der Waals surface area contributed by atoms with E-state index in [2.05, 4.69) is 6.92 Å². The van der Waals surface area contributed by atoms with Gasteiger partial charge in [0.1, 0.15) is 17.5 Å². The second-order valence-corrected chi connectivity index (χ2v) is 8.28. The average molecular weight is 375 g/mol. The molecule has 0 aliphatic heterocycles. The second-order valence-electron chi connectivity index (χ2n) is 8.28. The predicted molar refractivity (Wildman–Crippen MR) is 109 cm³/mol. The molecule has 2 nitrogen and oxygen atoms in total. The van der Waals surface area contributed by atoms with E-state index in [4.69, 9.17) is 11.5 Å². The monoisotopic (exact) mass is 374 g/mol. The highest BCUT2D eigenvalue weighted by molar-refractivity contribution is 5.77. The number of rotatable bonds is 6. The molecule has 0 radical (unpaired) electrons. The van der Waals surface area contributed by atoms with Gasteiger partial charge in [-0.15, -0.1) is 0 Å². The van der Waals surface area contributed by atoms with Crippen LogP contribution >= 0.6 is 0 Å². The Morgan fingerprint density at radius 1 is 1.07 bits per heavy atom. The highest BCUT2D eigenvalue weighted by atomic mass is 19.1. The van der Waals surface area contributed by atoms with Gasteiger partial charge in [0.2, 0.25) is 0 Å². The summed E-state index contributed by atoms with van der Waals surface area (Å²) in [5, 5.41) is 0. The molecule has 2 atom stereocenters. The van der Waals surface area contributed by atoms with E-state index in [9.17, 15) is 0 Å². The zero-order valence-electron chi connectivity index (χ0n) is 16.3. The molecule has 4 heteroatoms. The van der Waals surface area contributed by atoms with Crippen LogP contribution in [-0.2, 0) is 0 Å². The SMILES string of the molecule is CCCCCC1CCC(C2(N)C(F)=CC(c3ccc(N)cc3)=CC2F)CC1. The Morgan fingerprint density at radius 2 is 1.74 bits per heavy atom. The molecule has 2 aliphatic carbocycles. The van der Waals surface area contributed by atoms with E-state index in [0.29, 0.717) is 17.2 Å². The van der Waals surface area contributed by atoms with E-state index in [1.165, 1.54) is 37.8 Å². The first-order chi connectivity index (χ1) is 12.9. The molecule has 2 unspecified atom stereocenters. The highest BCUT2D eigenvalue weighted by Gasteiger charge is 2.48. The Kier molecular flexibility index (Phi) is 6.36. The number of hydrogen-bond acceptors (Lipinski definition) is 2. The van der Waals surface area contributed by atoms with E-state index in [-0.39, 0.29) is 5.92 Å². The molecule has 148 valence electrons. The molecule has 4 N–H and O–H groups in total. The number of unbranched alkanes of at least 4 members (excludes halogenated alkanes) is 2. The lowest BCUT2D eigenvalue weighted by Crippen LogP contribution is -2.56. The summed E-state index contributed by atoms with van der Waals surface area (Å²) in [4.78, 5) is 0. The number of nitrogen functional groups attached to an aromatic ring is 1. The van der Waals surface area contributed by atoms with Gasteiger partial charge in [-0.2, -0.15) is 0 Å². The van der Waals surface area contributed by atoms with Crippen molar-refractivity contribution in [3.63, 3.8) is 0 Å². The van der Waals surface area contributed by atoms with Gasteiger partial charge in [-0.1, -0.05) is 57.6 Å². The summed E-state index contributed by atoms with van der Waals surface area (Å²) in [6.07, 6.45) is 10.0. The first kappa shape index (κ1) is 20.1. The largest absolute Gasteiger partial charge is 0.399 e. The fourth-order valence-electron chi connectivity index (χ4n) is 4.62. The lowest BCUT2D eigenvalue weighted by molar-refractivity contribution is 0.114. The van der Waals surface area contributed by atoms with E-state index < -0.39 is 17.5 Å². The van der Waals surface area contributed by atoms with Crippen LogP contribution in [0, 0.1) is 11.8 Å². The fraction of sp³-hybridized carbons (Fsp3) is 0.565. The third kappa shape index (κ3) is 4.26. The minimum atomic E-state index is -1.52. The van der Waals surface area contributed by atoms with Crippen molar-refractivity contribution in [2.24, 2.45) is 17.6 Å². The quantitative estimate of drug-likeness (QED) is 0.478. The lowest BCUT2D eigenvalue weighted by atomic mass is 9.67. The molecule has 0 bridgehead atoms. The number of alkyl halides is 1. The van der Waals surface area contributed by atoms with Crippen molar-refractivity contribution < 1.29 is 8.78 Å². The molecule has 0 amide bonds. The maximum absolute atomic E-state index is 15.1. The second kappa shape index (κ2) is 8.55. The van der Waals surface area contributed by atoms with Crippen LogP contribution in [0.5, 0.6) is 0 Å². The molecule has 1 fully saturated rings. The minimum Gasteiger partial charge on any atom is -0.399 e. The minimum absolute atomic E-state index is 0.143. The molecular weight excluding hydrogens is 342 g/mol. The van der Waals surface area contributed by atoms with Crippen LogP contribution in [-0.4, -0.2) is 11.7 Å². The van der Waals surface area contributed by atoms with Crippen molar-refractivity contribution in [2.45, 2.75) is 70.0 Å². The van der Waals surface area contributed by atoms with Crippen LogP contribution in [0.1, 0.15) is 63.9 Å². The summed E-state index contributed by atoms with van der Waals surface area (Å²) in [7, 11) is 0. The van der Waals surface area contributed by atoms with Crippen LogP contribution in [0.25, 0.3) is 5.57 Å². The summed E-state index contributed by atoms with van der Waals surface area (Å²) in [5.41, 5.74) is 12.5.